The number of rotatable bonds is 4. The fraction of sp³-hybridized carbons (Fsp3) is 0.375. The molecule has 25 heavy (non-hydrogen) atoms. The first-order valence-corrected chi connectivity index (χ1v) is 8.26. The van der Waals surface area contributed by atoms with E-state index in [1.165, 1.54) is 6.07 Å². The van der Waals surface area contributed by atoms with Crippen molar-refractivity contribution in [2.24, 2.45) is 7.05 Å². The Morgan fingerprint density at radius 1 is 1.44 bits per heavy atom. The number of nitro groups is 1. The van der Waals surface area contributed by atoms with Crippen LogP contribution < -0.4 is 10.2 Å². The number of piperidine rings is 1. The van der Waals surface area contributed by atoms with E-state index in [1.807, 2.05) is 0 Å². The summed E-state index contributed by atoms with van der Waals surface area (Å²) in [5.74, 6) is 0.530. The number of halogens is 1. The lowest BCUT2D eigenvalue weighted by atomic mass is 10.0. The zero-order valence-electron chi connectivity index (χ0n) is 13.9. The Bertz CT molecular complexity index is 835. The first kappa shape index (κ1) is 17.2. The van der Waals surface area contributed by atoms with E-state index in [0.29, 0.717) is 30.0 Å². The van der Waals surface area contributed by atoms with Crippen molar-refractivity contribution in [1.82, 2.24) is 9.78 Å². The van der Waals surface area contributed by atoms with E-state index >= 15 is 0 Å². The van der Waals surface area contributed by atoms with Gasteiger partial charge in [-0.25, -0.2) is 0 Å². The molecule has 0 aliphatic carbocycles. The van der Waals surface area contributed by atoms with Crippen molar-refractivity contribution in [3.8, 4) is 0 Å². The fourth-order valence-electron chi connectivity index (χ4n) is 2.95. The van der Waals surface area contributed by atoms with Crippen molar-refractivity contribution in [2.75, 3.05) is 16.8 Å². The summed E-state index contributed by atoms with van der Waals surface area (Å²) >= 11 is 6.16. The number of carbonyl (C=O) groups is 1. The Morgan fingerprint density at radius 2 is 2.20 bits per heavy atom. The molecule has 132 valence electrons. The molecule has 0 saturated carbocycles. The molecule has 0 spiro atoms. The van der Waals surface area contributed by atoms with Crippen LogP contribution in [0.25, 0.3) is 0 Å². The summed E-state index contributed by atoms with van der Waals surface area (Å²) in [5, 5.41) is 18.6. The zero-order valence-corrected chi connectivity index (χ0v) is 14.7. The maximum Gasteiger partial charge on any atom is 0.273 e. The molecule has 1 atom stereocenters. The van der Waals surface area contributed by atoms with Gasteiger partial charge < -0.3 is 5.32 Å². The number of carbonyl (C=O) groups excluding carboxylic acids is 1. The average Bonchev–Trinajstić information content (AvgIpc) is 2.98. The van der Waals surface area contributed by atoms with Gasteiger partial charge >= 0.3 is 0 Å². The van der Waals surface area contributed by atoms with Crippen LogP contribution in [-0.2, 0) is 11.8 Å². The zero-order chi connectivity index (χ0) is 18.1. The van der Waals surface area contributed by atoms with Crippen LogP contribution in [0.5, 0.6) is 0 Å². The molecule has 1 aliphatic heterocycles. The number of hydrogen-bond donors (Lipinski definition) is 1. The van der Waals surface area contributed by atoms with Crippen molar-refractivity contribution in [1.29, 1.82) is 0 Å². The molecule has 1 unspecified atom stereocenters. The highest BCUT2D eigenvalue weighted by Gasteiger charge is 2.31. The highest BCUT2D eigenvalue weighted by atomic mass is 35.5. The van der Waals surface area contributed by atoms with Gasteiger partial charge in [0.2, 0.25) is 0 Å². The second-order valence-corrected chi connectivity index (χ2v) is 6.46. The molecule has 3 rings (SSSR count). The highest BCUT2D eigenvalue weighted by Crippen LogP contribution is 2.32. The first-order chi connectivity index (χ1) is 11.9. The van der Waals surface area contributed by atoms with Crippen LogP contribution in [0.3, 0.4) is 0 Å². The van der Waals surface area contributed by atoms with Gasteiger partial charge in [0.15, 0.2) is 5.82 Å². The van der Waals surface area contributed by atoms with E-state index in [-0.39, 0.29) is 16.6 Å². The van der Waals surface area contributed by atoms with Gasteiger partial charge in [-0.15, -0.1) is 0 Å². The molecular formula is C16H18ClN5O3. The van der Waals surface area contributed by atoms with Crippen molar-refractivity contribution in [3.05, 3.63) is 45.1 Å². The maximum atomic E-state index is 12.8. The van der Waals surface area contributed by atoms with Gasteiger partial charge in [0.25, 0.3) is 11.6 Å². The number of aromatic nitrogens is 2. The molecule has 1 aromatic heterocycles. The molecule has 1 fully saturated rings. The van der Waals surface area contributed by atoms with E-state index in [9.17, 15) is 14.9 Å². The van der Waals surface area contributed by atoms with Crippen molar-refractivity contribution >= 4 is 34.7 Å². The molecule has 9 heteroatoms. The number of amides is 1. The topological polar surface area (TPSA) is 93.3 Å². The summed E-state index contributed by atoms with van der Waals surface area (Å²) in [6.45, 7) is 2.25. The smallest absolute Gasteiger partial charge is 0.273 e. The second kappa shape index (κ2) is 6.72. The summed E-state index contributed by atoms with van der Waals surface area (Å²) in [6.07, 6.45) is 3.27. The molecule has 1 aromatic carbocycles. The highest BCUT2D eigenvalue weighted by molar-refractivity contribution is 6.33. The number of benzene rings is 1. The molecule has 0 radical (unpaired) electrons. The molecule has 1 amide bonds. The normalized spacial score (nSPS) is 17.6. The number of nitrogens with zero attached hydrogens (tertiary/aromatic N) is 4. The van der Waals surface area contributed by atoms with E-state index < -0.39 is 11.0 Å². The van der Waals surface area contributed by atoms with Gasteiger partial charge in [-0.2, -0.15) is 5.10 Å². The quantitative estimate of drug-likeness (QED) is 0.666. The van der Waals surface area contributed by atoms with Crippen LogP contribution in [0.2, 0.25) is 5.02 Å². The lowest BCUT2D eigenvalue weighted by molar-refractivity contribution is -0.385. The Balaban J connectivity index is 1.82. The summed E-state index contributed by atoms with van der Waals surface area (Å²) in [5.41, 5.74) is 0.966. The van der Waals surface area contributed by atoms with E-state index in [4.69, 9.17) is 11.6 Å². The molecular weight excluding hydrogens is 346 g/mol. The van der Waals surface area contributed by atoms with Gasteiger partial charge in [0.05, 0.1) is 15.6 Å². The van der Waals surface area contributed by atoms with Gasteiger partial charge in [-0.3, -0.25) is 24.5 Å². The lowest BCUT2D eigenvalue weighted by Gasteiger charge is -2.32. The van der Waals surface area contributed by atoms with Crippen LogP contribution in [0.15, 0.2) is 24.4 Å². The monoisotopic (exact) mass is 363 g/mol. The Hall–Kier alpha value is -2.61. The van der Waals surface area contributed by atoms with Crippen LogP contribution in [0, 0.1) is 17.0 Å². The van der Waals surface area contributed by atoms with Gasteiger partial charge in [-0.1, -0.05) is 11.6 Å². The average molecular weight is 364 g/mol. The summed E-state index contributed by atoms with van der Waals surface area (Å²) < 4.78 is 1.65. The van der Waals surface area contributed by atoms with Crippen molar-refractivity contribution in [2.45, 2.75) is 25.8 Å². The lowest BCUT2D eigenvalue weighted by Crippen LogP contribution is -2.48. The Kier molecular flexibility index (Phi) is 4.63. The SMILES string of the molecule is Cc1cc(NC2CCCN(c3ccn(C)n3)C2=O)c(Cl)cc1[N+](=O)[O-]. The number of anilines is 2. The fourth-order valence-corrected chi connectivity index (χ4v) is 3.16. The Labute approximate surface area is 149 Å². The van der Waals surface area contributed by atoms with E-state index in [0.717, 1.165) is 6.42 Å². The second-order valence-electron chi connectivity index (χ2n) is 6.05. The predicted octanol–water partition coefficient (Wildman–Crippen LogP) is 2.90. The molecule has 1 saturated heterocycles. The summed E-state index contributed by atoms with van der Waals surface area (Å²) in [4.78, 5) is 24.9. The number of hydrogen-bond acceptors (Lipinski definition) is 5. The molecule has 2 heterocycles. The third kappa shape index (κ3) is 3.43. The number of nitrogens with one attached hydrogen (secondary N) is 1. The third-order valence-corrected chi connectivity index (χ3v) is 4.54. The first-order valence-electron chi connectivity index (χ1n) is 7.89. The van der Waals surface area contributed by atoms with Gasteiger partial charge in [-0.05, 0) is 25.8 Å². The summed E-state index contributed by atoms with van der Waals surface area (Å²) in [7, 11) is 1.80. The van der Waals surface area contributed by atoms with Crippen LogP contribution in [0.4, 0.5) is 17.2 Å². The van der Waals surface area contributed by atoms with Crippen molar-refractivity contribution < 1.29 is 9.72 Å². The number of nitro benzene ring substituents is 1. The summed E-state index contributed by atoms with van der Waals surface area (Å²) in [6, 6.07) is 4.26. The molecule has 8 nitrogen and oxygen atoms in total. The standard InChI is InChI=1S/C16H18ClN5O3/c1-10-8-13(11(17)9-14(10)22(24)25)18-12-4-3-6-21(16(12)23)15-5-7-20(2)19-15/h5,7-9,12,18H,3-4,6H2,1-2H3. The minimum atomic E-state index is -0.473. The predicted molar refractivity (Wildman–Crippen MR) is 95.0 cm³/mol. The molecule has 0 bridgehead atoms. The van der Waals surface area contributed by atoms with Crippen LogP contribution in [-0.4, -0.2) is 33.2 Å². The van der Waals surface area contributed by atoms with Crippen LogP contribution in [0.1, 0.15) is 18.4 Å². The largest absolute Gasteiger partial charge is 0.372 e. The minimum absolute atomic E-state index is 0.0411. The molecule has 1 N–H and O–H groups in total. The van der Waals surface area contributed by atoms with Crippen molar-refractivity contribution in [3.63, 3.8) is 0 Å². The maximum absolute atomic E-state index is 12.8. The molecule has 2 aromatic rings. The minimum Gasteiger partial charge on any atom is -0.372 e. The van der Waals surface area contributed by atoms with E-state index in [1.54, 1.807) is 41.9 Å². The van der Waals surface area contributed by atoms with Crippen LogP contribution >= 0.6 is 11.6 Å². The number of aryl methyl sites for hydroxylation is 2. The van der Waals surface area contributed by atoms with Gasteiger partial charge in [0.1, 0.15) is 6.04 Å². The molecule has 1 aliphatic rings. The Morgan fingerprint density at radius 3 is 2.84 bits per heavy atom. The third-order valence-electron chi connectivity index (χ3n) is 4.23. The van der Waals surface area contributed by atoms with E-state index in [2.05, 4.69) is 10.4 Å². The van der Waals surface area contributed by atoms with Gasteiger partial charge in [0, 0.05) is 37.5 Å².